The molecule has 1 aromatic rings. The van der Waals surface area contributed by atoms with E-state index in [0.717, 1.165) is 12.8 Å². The molecule has 0 unspecified atom stereocenters. The van der Waals surface area contributed by atoms with Crippen LogP contribution in [0.3, 0.4) is 0 Å². The molecule has 2 rings (SSSR count). The third kappa shape index (κ3) is 4.61. The molecule has 1 fully saturated rings. The van der Waals surface area contributed by atoms with Crippen LogP contribution in [0.1, 0.15) is 58.4 Å². The molecule has 23 heavy (non-hydrogen) atoms. The average molecular weight is 339 g/mol. The van der Waals surface area contributed by atoms with E-state index in [1.807, 2.05) is 39.0 Å². The van der Waals surface area contributed by atoms with Crippen LogP contribution in [0.5, 0.6) is 0 Å². The van der Waals surface area contributed by atoms with Crippen molar-refractivity contribution in [1.29, 1.82) is 0 Å². The molecule has 4 nitrogen and oxygen atoms in total. The van der Waals surface area contributed by atoms with E-state index in [9.17, 15) is 4.79 Å². The molecule has 0 atom stereocenters. The van der Waals surface area contributed by atoms with Crippen LogP contribution in [0.15, 0.2) is 18.2 Å². The molecule has 0 radical (unpaired) electrons. The van der Waals surface area contributed by atoms with E-state index >= 15 is 0 Å². The molecule has 1 aliphatic rings. The Hall–Kier alpha value is -1.26. The van der Waals surface area contributed by atoms with E-state index < -0.39 is 11.7 Å². The standard InChI is InChI=1S/C18H27ClN2O2/c1-17(2,3)23-16(22)21-15-8-7-13(11-14(15)19)18(12-20)9-5-4-6-10-18/h7-8,11H,4-6,9-10,12,20H2,1-3H3,(H,21,22). The van der Waals surface area contributed by atoms with E-state index in [2.05, 4.69) is 5.32 Å². The van der Waals surface area contributed by atoms with E-state index in [0.29, 0.717) is 17.3 Å². The monoisotopic (exact) mass is 338 g/mol. The first kappa shape index (κ1) is 18.1. The second-order valence-electron chi connectivity index (χ2n) is 7.37. The SMILES string of the molecule is CC(C)(C)OC(=O)Nc1ccc(C2(CN)CCCCC2)cc1Cl. The van der Waals surface area contributed by atoms with Crippen molar-refractivity contribution < 1.29 is 9.53 Å². The number of halogens is 1. The zero-order chi connectivity index (χ0) is 17.1. The molecule has 0 bridgehead atoms. The van der Waals surface area contributed by atoms with Gasteiger partial charge in [0.25, 0.3) is 0 Å². The summed E-state index contributed by atoms with van der Waals surface area (Å²) in [6.07, 6.45) is 5.36. The van der Waals surface area contributed by atoms with Crippen LogP contribution in [0.25, 0.3) is 0 Å². The summed E-state index contributed by atoms with van der Waals surface area (Å²) in [4.78, 5) is 11.9. The summed E-state index contributed by atoms with van der Waals surface area (Å²) in [5, 5.41) is 3.22. The van der Waals surface area contributed by atoms with Crippen LogP contribution >= 0.6 is 11.6 Å². The van der Waals surface area contributed by atoms with E-state index in [4.69, 9.17) is 22.1 Å². The summed E-state index contributed by atoms with van der Waals surface area (Å²) >= 11 is 6.37. The number of nitrogens with one attached hydrogen (secondary N) is 1. The van der Waals surface area contributed by atoms with Gasteiger partial charge < -0.3 is 10.5 Å². The van der Waals surface area contributed by atoms with Crippen molar-refractivity contribution in [3.63, 3.8) is 0 Å². The lowest BCUT2D eigenvalue weighted by atomic mass is 9.69. The van der Waals surface area contributed by atoms with E-state index in [1.54, 1.807) is 0 Å². The number of rotatable bonds is 3. The number of carbonyl (C=O) groups is 1. The van der Waals surface area contributed by atoms with Gasteiger partial charge in [0.2, 0.25) is 0 Å². The first-order valence-corrected chi connectivity index (χ1v) is 8.64. The summed E-state index contributed by atoms with van der Waals surface area (Å²) in [6, 6.07) is 5.80. The van der Waals surface area contributed by atoms with Crippen molar-refractivity contribution in [2.45, 2.75) is 63.9 Å². The van der Waals surface area contributed by atoms with Gasteiger partial charge in [0.15, 0.2) is 0 Å². The maximum Gasteiger partial charge on any atom is 0.412 e. The minimum atomic E-state index is -0.539. The third-order valence-electron chi connectivity index (χ3n) is 4.42. The number of carbonyl (C=O) groups excluding carboxylic acids is 1. The lowest BCUT2D eigenvalue weighted by Gasteiger charge is -2.37. The molecule has 3 N–H and O–H groups in total. The number of nitrogens with two attached hydrogens (primary N) is 1. The highest BCUT2D eigenvalue weighted by Crippen LogP contribution is 2.40. The molecule has 0 saturated heterocycles. The Morgan fingerprint density at radius 3 is 2.48 bits per heavy atom. The van der Waals surface area contributed by atoms with Gasteiger partial charge in [-0.05, 0) is 51.3 Å². The lowest BCUT2D eigenvalue weighted by molar-refractivity contribution is 0.0636. The van der Waals surface area contributed by atoms with Crippen molar-refractivity contribution >= 4 is 23.4 Å². The van der Waals surface area contributed by atoms with Gasteiger partial charge >= 0.3 is 6.09 Å². The molecular formula is C18H27ClN2O2. The lowest BCUT2D eigenvalue weighted by Crippen LogP contribution is -2.37. The Morgan fingerprint density at radius 2 is 1.96 bits per heavy atom. The first-order valence-electron chi connectivity index (χ1n) is 8.26. The summed E-state index contributed by atoms with van der Waals surface area (Å²) < 4.78 is 5.26. The maximum atomic E-state index is 11.9. The number of anilines is 1. The van der Waals surface area contributed by atoms with Gasteiger partial charge in [0, 0.05) is 12.0 Å². The fraction of sp³-hybridized carbons (Fsp3) is 0.611. The van der Waals surface area contributed by atoms with Gasteiger partial charge in [0.1, 0.15) is 5.60 Å². The summed E-state index contributed by atoms with van der Waals surface area (Å²) in [6.45, 7) is 6.10. The smallest absolute Gasteiger partial charge is 0.412 e. The first-order chi connectivity index (χ1) is 10.8. The highest BCUT2D eigenvalue weighted by atomic mass is 35.5. The molecule has 0 aliphatic heterocycles. The Morgan fingerprint density at radius 1 is 1.30 bits per heavy atom. The number of hydrogen-bond donors (Lipinski definition) is 2. The van der Waals surface area contributed by atoms with Gasteiger partial charge in [0.05, 0.1) is 10.7 Å². The highest BCUT2D eigenvalue weighted by Gasteiger charge is 2.32. The largest absolute Gasteiger partial charge is 0.444 e. The van der Waals surface area contributed by atoms with Crippen LogP contribution in [0, 0.1) is 0 Å². The Bertz CT molecular complexity index is 561. The zero-order valence-corrected chi connectivity index (χ0v) is 15.0. The zero-order valence-electron chi connectivity index (χ0n) is 14.2. The summed E-state index contributed by atoms with van der Waals surface area (Å²) in [7, 11) is 0. The van der Waals surface area contributed by atoms with Crippen molar-refractivity contribution in [3.05, 3.63) is 28.8 Å². The van der Waals surface area contributed by atoms with E-state index in [-0.39, 0.29) is 5.41 Å². The Balaban J connectivity index is 2.16. The van der Waals surface area contributed by atoms with Gasteiger partial charge in [-0.3, -0.25) is 5.32 Å². The van der Waals surface area contributed by atoms with Crippen LogP contribution in [0.2, 0.25) is 5.02 Å². The van der Waals surface area contributed by atoms with Gasteiger partial charge in [-0.1, -0.05) is 36.9 Å². The van der Waals surface area contributed by atoms with E-state index in [1.165, 1.54) is 24.8 Å². The molecule has 0 aromatic heterocycles. The predicted octanol–water partition coefficient (Wildman–Crippen LogP) is 4.85. The molecule has 1 amide bonds. The summed E-state index contributed by atoms with van der Waals surface area (Å²) in [5.41, 5.74) is 7.29. The van der Waals surface area contributed by atoms with Crippen LogP contribution in [0.4, 0.5) is 10.5 Å². The molecule has 0 heterocycles. The molecule has 1 aromatic carbocycles. The molecule has 1 saturated carbocycles. The van der Waals surface area contributed by atoms with Gasteiger partial charge in [-0.2, -0.15) is 0 Å². The van der Waals surface area contributed by atoms with Crippen molar-refractivity contribution in [2.24, 2.45) is 5.73 Å². The van der Waals surface area contributed by atoms with Crippen molar-refractivity contribution in [2.75, 3.05) is 11.9 Å². The van der Waals surface area contributed by atoms with Gasteiger partial charge in [-0.15, -0.1) is 0 Å². The fourth-order valence-corrected chi connectivity index (χ4v) is 3.43. The van der Waals surface area contributed by atoms with Gasteiger partial charge in [-0.25, -0.2) is 4.79 Å². The number of ether oxygens (including phenoxy) is 1. The van der Waals surface area contributed by atoms with Crippen LogP contribution < -0.4 is 11.1 Å². The predicted molar refractivity (Wildman–Crippen MR) is 95.1 cm³/mol. The summed E-state index contributed by atoms with van der Waals surface area (Å²) in [5.74, 6) is 0. The Labute approximate surface area is 143 Å². The minimum absolute atomic E-state index is 0.0202. The maximum absolute atomic E-state index is 11.9. The molecule has 5 heteroatoms. The minimum Gasteiger partial charge on any atom is -0.444 e. The van der Waals surface area contributed by atoms with Crippen LogP contribution in [-0.4, -0.2) is 18.2 Å². The molecular weight excluding hydrogens is 312 g/mol. The van der Waals surface area contributed by atoms with Crippen LogP contribution in [-0.2, 0) is 10.2 Å². The quantitative estimate of drug-likeness (QED) is 0.828. The average Bonchev–Trinajstić information content (AvgIpc) is 2.48. The highest BCUT2D eigenvalue weighted by molar-refractivity contribution is 6.33. The molecule has 128 valence electrons. The fourth-order valence-electron chi connectivity index (χ4n) is 3.20. The normalized spacial score (nSPS) is 17.6. The van der Waals surface area contributed by atoms with Crippen molar-refractivity contribution in [1.82, 2.24) is 0 Å². The third-order valence-corrected chi connectivity index (χ3v) is 4.73. The second kappa shape index (κ2) is 7.10. The van der Waals surface area contributed by atoms with Crippen molar-refractivity contribution in [3.8, 4) is 0 Å². The number of benzene rings is 1. The second-order valence-corrected chi connectivity index (χ2v) is 7.77. The number of amides is 1. The molecule has 1 aliphatic carbocycles. The number of hydrogen-bond acceptors (Lipinski definition) is 3. The topological polar surface area (TPSA) is 64.3 Å². The Kier molecular flexibility index (Phi) is 5.58. The molecule has 0 spiro atoms.